The van der Waals surface area contributed by atoms with E-state index in [1.54, 1.807) is 11.9 Å². The highest BCUT2D eigenvalue weighted by atomic mass is 32.3. The molecule has 0 aliphatic carbocycles. The third-order valence-electron chi connectivity index (χ3n) is 4.51. The molecule has 1 unspecified atom stereocenters. The van der Waals surface area contributed by atoms with Crippen LogP contribution in [0.25, 0.3) is 0 Å². The van der Waals surface area contributed by atoms with Gasteiger partial charge in [0.05, 0.1) is 5.75 Å². The Balaban J connectivity index is 3.34. The zero-order valence-corrected chi connectivity index (χ0v) is 18.3. The highest BCUT2D eigenvalue weighted by Gasteiger charge is 2.82. The first-order chi connectivity index (χ1) is 13.9. The van der Waals surface area contributed by atoms with Gasteiger partial charge in [-0.25, -0.2) is 25.3 Å². The number of hydrogen-bond acceptors (Lipinski definition) is 7. The van der Waals surface area contributed by atoms with E-state index in [0.29, 0.717) is 6.54 Å². The van der Waals surface area contributed by atoms with Gasteiger partial charge in [-0.1, -0.05) is 4.13 Å². The molecular weight excluding hydrogens is 535 g/mol. The first kappa shape index (κ1) is 29.2. The largest absolute Gasteiger partial charge is 0.512 e. The third-order valence-corrected chi connectivity index (χ3v) is 9.75. The Kier molecular flexibility index (Phi) is 7.96. The Morgan fingerprint density at radius 2 is 1.28 bits per heavy atom. The summed E-state index contributed by atoms with van der Waals surface area (Å²) in [7, 11) is -19.9. The van der Waals surface area contributed by atoms with Crippen LogP contribution in [0, 0.1) is 5.92 Å². The molecule has 0 saturated carbocycles. The van der Waals surface area contributed by atoms with Gasteiger partial charge in [-0.2, -0.15) is 39.5 Å². The topological polar surface area (TPSA) is 118 Å². The number of alkyl halides is 9. The van der Waals surface area contributed by atoms with Crippen molar-refractivity contribution in [2.24, 2.45) is 5.92 Å². The average molecular weight is 552 g/mol. The second kappa shape index (κ2) is 8.73. The Morgan fingerprint density at radius 3 is 1.75 bits per heavy atom. The van der Waals surface area contributed by atoms with Gasteiger partial charge in [-0.15, -0.1) is 0 Å². The normalized spacial score (nSPS) is 21.4. The lowest BCUT2D eigenvalue weighted by atomic mass is 10.0. The standard InChI is InChI=1S/C12H17F9N2O6S3/c1-23-5-2-3-8(4-6-23)7-30(24,25)10(15,16)9(13,14)11(17,18)31(26,27)22-32(28,29)12(19,20)21/h8,22H,2-7H2,1H3. The molecule has 8 nitrogen and oxygen atoms in total. The molecule has 0 bridgehead atoms. The summed E-state index contributed by atoms with van der Waals surface area (Å²) in [6, 6.07) is 0. The molecule has 1 rings (SSSR count). The van der Waals surface area contributed by atoms with Crippen molar-refractivity contribution in [3.05, 3.63) is 0 Å². The fraction of sp³-hybridized carbons (Fsp3) is 1.00. The minimum Gasteiger partial charge on any atom is -0.306 e. The summed E-state index contributed by atoms with van der Waals surface area (Å²) in [6.45, 7) is 0.532. The van der Waals surface area contributed by atoms with Crippen molar-refractivity contribution in [1.82, 2.24) is 9.03 Å². The van der Waals surface area contributed by atoms with E-state index >= 15 is 0 Å². The van der Waals surface area contributed by atoms with Crippen molar-refractivity contribution in [2.75, 3.05) is 25.9 Å². The Hall–Kier alpha value is -0.860. The fourth-order valence-electron chi connectivity index (χ4n) is 2.67. The lowest BCUT2D eigenvalue weighted by Gasteiger charge is -2.32. The van der Waals surface area contributed by atoms with Crippen LogP contribution in [-0.2, 0) is 29.9 Å². The fourth-order valence-corrected chi connectivity index (χ4v) is 6.83. The number of sulfone groups is 1. The van der Waals surface area contributed by atoms with E-state index in [4.69, 9.17) is 0 Å². The number of rotatable bonds is 8. The van der Waals surface area contributed by atoms with Gasteiger partial charge in [0.1, 0.15) is 0 Å². The molecule has 1 atom stereocenters. The smallest absolute Gasteiger partial charge is 0.306 e. The zero-order chi connectivity index (χ0) is 25.6. The number of halogens is 9. The summed E-state index contributed by atoms with van der Waals surface area (Å²) in [6.07, 6.45) is 0.0468. The summed E-state index contributed by atoms with van der Waals surface area (Å²) in [5.74, 6) is -10.3. The predicted octanol–water partition coefficient (Wildman–Crippen LogP) is 1.72. The molecule has 32 heavy (non-hydrogen) atoms. The average Bonchev–Trinajstić information content (AvgIpc) is 2.76. The summed E-state index contributed by atoms with van der Waals surface area (Å²) in [4.78, 5) is 1.65. The van der Waals surface area contributed by atoms with E-state index in [1.165, 1.54) is 0 Å². The van der Waals surface area contributed by atoms with Crippen LogP contribution in [0.15, 0.2) is 0 Å². The molecule has 20 heteroatoms. The quantitative estimate of drug-likeness (QED) is 0.456. The summed E-state index contributed by atoms with van der Waals surface area (Å²) in [5, 5.41) is -14.1. The van der Waals surface area contributed by atoms with Crippen molar-refractivity contribution in [2.45, 2.75) is 41.2 Å². The molecule has 1 aliphatic heterocycles. The highest BCUT2D eigenvalue weighted by molar-refractivity contribution is 8.05. The van der Waals surface area contributed by atoms with E-state index in [0.717, 1.165) is 0 Å². The minimum absolute atomic E-state index is 0.0781. The molecule has 0 aromatic rings. The predicted molar refractivity (Wildman–Crippen MR) is 90.5 cm³/mol. The molecule has 0 aromatic carbocycles. The molecular formula is C12H17F9N2O6S3. The molecule has 1 fully saturated rings. The van der Waals surface area contributed by atoms with Crippen molar-refractivity contribution in [3.63, 3.8) is 0 Å². The number of nitrogens with one attached hydrogen (secondary N) is 1. The van der Waals surface area contributed by atoms with Gasteiger partial charge < -0.3 is 4.90 Å². The summed E-state index contributed by atoms with van der Waals surface area (Å²) >= 11 is 0. The lowest BCUT2D eigenvalue weighted by Crippen LogP contribution is -2.64. The molecule has 1 aliphatic rings. The Labute approximate surface area is 177 Å². The lowest BCUT2D eigenvalue weighted by molar-refractivity contribution is -0.244. The van der Waals surface area contributed by atoms with E-state index in [1.807, 2.05) is 0 Å². The van der Waals surface area contributed by atoms with Crippen molar-refractivity contribution in [3.8, 4) is 0 Å². The van der Waals surface area contributed by atoms with Gasteiger partial charge in [0.15, 0.2) is 0 Å². The first-order valence-corrected chi connectivity index (χ1v) is 12.9. The maximum Gasteiger partial charge on any atom is 0.512 e. The minimum atomic E-state index is -7.74. The Bertz CT molecular complexity index is 1010. The molecule has 192 valence electrons. The maximum absolute atomic E-state index is 14.1. The first-order valence-electron chi connectivity index (χ1n) is 8.31. The second-order valence-corrected chi connectivity index (χ2v) is 12.8. The van der Waals surface area contributed by atoms with Crippen LogP contribution >= 0.6 is 0 Å². The summed E-state index contributed by atoms with van der Waals surface area (Å²) < 4.78 is 187. The molecule has 0 amide bonds. The monoisotopic (exact) mass is 552 g/mol. The highest BCUT2D eigenvalue weighted by Crippen LogP contribution is 2.51. The van der Waals surface area contributed by atoms with Gasteiger partial charge in [0.25, 0.3) is 10.0 Å². The van der Waals surface area contributed by atoms with Gasteiger partial charge >= 0.3 is 32.0 Å². The summed E-state index contributed by atoms with van der Waals surface area (Å²) in [5.41, 5.74) is -6.60. The van der Waals surface area contributed by atoms with Gasteiger partial charge in [-0.3, -0.25) is 0 Å². The van der Waals surface area contributed by atoms with Crippen LogP contribution < -0.4 is 4.13 Å². The van der Waals surface area contributed by atoms with E-state index in [2.05, 4.69) is 0 Å². The molecule has 0 spiro atoms. The van der Waals surface area contributed by atoms with Crippen LogP contribution in [0.2, 0.25) is 0 Å². The van der Waals surface area contributed by atoms with Crippen LogP contribution in [0.5, 0.6) is 0 Å². The van der Waals surface area contributed by atoms with Crippen LogP contribution in [0.3, 0.4) is 0 Å². The molecule has 1 heterocycles. The number of nitrogens with zero attached hydrogens (tertiary/aromatic N) is 1. The molecule has 0 radical (unpaired) electrons. The third kappa shape index (κ3) is 5.27. The van der Waals surface area contributed by atoms with E-state index < -0.39 is 67.6 Å². The molecule has 1 saturated heterocycles. The number of hydrogen-bond donors (Lipinski definition) is 1. The molecule has 1 N–H and O–H groups in total. The van der Waals surface area contributed by atoms with Crippen LogP contribution in [-0.4, -0.2) is 78.0 Å². The molecule has 0 aromatic heterocycles. The van der Waals surface area contributed by atoms with E-state index in [-0.39, 0.29) is 25.8 Å². The number of likely N-dealkylation sites (tertiary alicyclic amines) is 1. The van der Waals surface area contributed by atoms with Gasteiger partial charge in [0, 0.05) is 0 Å². The van der Waals surface area contributed by atoms with Crippen LogP contribution in [0.1, 0.15) is 19.3 Å². The zero-order valence-electron chi connectivity index (χ0n) is 15.8. The Morgan fingerprint density at radius 1 is 0.781 bits per heavy atom. The maximum atomic E-state index is 14.1. The van der Waals surface area contributed by atoms with E-state index in [9.17, 15) is 64.8 Å². The van der Waals surface area contributed by atoms with Gasteiger partial charge in [0.2, 0.25) is 9.84 Å². The van der Waals surface area contributed by atoms with Crippen molar-refractivity contribution in [1.29, 1.82) is 0 Å². The number of sulfonamides is 2. The van der Waals surface area contributed by atoms with Crippen LogP contribution in [0.4, 0.5) is 39.5 Å². The van der Waals surface area contributed by atoms with Gasteiger partial charge in [-0.05, 0) is 45.3 Å². The van der Waals surface area contributed by atoms with Crippen molar-refractivity contribution < 1.29 is 64.8 Å². The second-order valence-electron chi connectivity index (χ2n) is 7.03. The SMILES string of the molecule is CN1CCCC(CS(=O)(=O)C(F)(F)C(F)(F)C(F)(F)S(=O)(=O)NS(=O)(=O)C(F)(F)F)CC1. The van der Waals surface area contributed by atoms with Crippen molar-refractivity contribution >= 4 is 29.9 Å².